The van der Waals surface area contributed by atoms with E-state index in [1.54, 1.807) is 7.11 Å². The zero-order valence-electron chi connectivity index (χ0n) is 15.1. The van der Waals surface area contributed by atoms with E-state index in [4.69, 9.17) is 15.2 Å². The molecule has 3 rings (SSSR count). The van der Waals surface area contributed by atoms with Crippen LogP contribution in [-0.4, -0.2) is 49.3 Å². The summed E-state index contributed by atoms with van der Waals surface area (Å²) in [5.41, 5.74) is 7.35. The lowest BCUT2D eigenvalue weighted by Crippen LogP contribution is -2.49. The molecule has 1 aromatic rings. The van der Waals surface area contributed by atoms with Gasteiger partial charge in [-0.05, 0) is 37.7 Å². The number of benzene rings is 1. The molecule has 1 amide bonds. The quantitative estimate of drug-likeness (QED) is 0.889. The third-order valence-electron chi connectivity index (χ3n) is 5.57. The Morgan fingerprint density at radius 2 is 1.88 bits per heavy atom. The molecule has 25 heavy (non-hydrogen) atoms. The summed E-state index contributed by atoms with van der Waals surface area (Å²) in [6.07, 6.45) is 4.68. The largest absolute Gasteiger partial charge is 0.380 e. The van der Waals surface area contributed by atoms with Crippen molar-refractivity contribution < 1.29 is 14.3 Å². The number of carbonyl (C=O) groups is 1. The van der Waals surface area contributed by atoms with E-state index in [1.807, 2.05) is 23.1 Å². The molecule has 3 atom stereocenters. The van der Waals surface area contributed by atoms with Crippen molar-refractivity contribution in [2.45, 2.75) is 57.0 Å². The van der Waals surface area contributed by atoms with Gasteiger partial charge in [0.05, 0.1) is 18.8 Å². The van der Waals surface area contributed by atoms with Crippen LogP contribution in [0.4, 0.5) is 0 Å². The van der Waals surface area contributed by atoms with Crippen molar-refractivity contribution in [2.24, 2.45) is 11.7 Å². The van der Waals surface area contributed by atoms with Gasteiger partial charge in [0.1, 0.15) is 0 Å². The lowest BCUT2D eigenvalue weighted by molar-refractivity contribution is -0.140. The van der Waals surface area contributed by atoms with Gasteiger partial charge >= 0.3 is 0 Å². The second-order valence-electron chi connectivity index (χ2n) is 7.27. The van der Waals surface area contributed by atoms with Crippen LogP contribution in [-0.2, 0) is 20.9 Å². The second-order valence-corrected chi connectivity index (χ2v) is 7.27. The first kappa shape index (κ1) is 18.4. The molecule has 0 aromatic heterocycles. The van der Waals surface area contributed by atoms with E-state index in [0.717, 1.165) is 45.2 Å². The molecule has 5 heteroatoms. The van der Waals surface area contributed by atoms with Crippen molar-refractivity contribution in [3.05, 3.63) is 35.9 Å². The first-order chi connectivity index (χ1) is 12.2. The normalized spacial score (nSPS) is 28.1. The summed E-state index contributed by atoms with van der Waals surface area (Å²) in [6.45, 7) is 2.23. The number of hydrogen-bond donors (Lipinski definition) is 1. The fourth-order valence-corrected chi connectivity index (χ4v) is 3.98. The summed E-state index contributed by atoms with van der Waals surface area (Å²) in [4.78, 5) is 14.8. The zero-order chi connectivity index (χ0) is 17.6. The Morgan fingerprint density at radius 1 is 1.16 bits per heavy atom. The number of carbonyl (C=O) groups excluding carboxylic acids is 1. The van der Waals surface area contributed by atoms with E-state index >= 15 is 0 Å². The van der Waals surface area contributed by atoms with Crippen molar-refractivity contribution >= 4 is 5.91 Å². The molecule has 2 aliphatic rings. The van der Waals surface area contributed by atoms with E-state index < -0.39 is 0 Å². The van der Waals surface area contributed by atoms with Crippen molar-refractivity contribution in [1.29, 1.82) is 0 Å². The maximum Gasteiger partial charge on any atom is 0.225 e. The Bertz CT molecular complexity index is 543. The molecule has 138 valence electrons. The molecule has 1 heterocycles. The van der Waals surface area contributed by atoms with Gasteiger partial charge in [-0.3, -0.25) is 4.79 Å². The highest BCUT2D eigenvalue weighted by Crippen LogP contribution is 2.28. The standard InChI is InChI=1S/C20H30N2O3/c1-24-19-8-7-16(13-18(19)21)20(23)22-11-9-17(10-12-22)25-14-15-5-3-2-4-6-15/h2-6,16-19H,7-14,21H2,1H3/t16-,18+,19+/m0/s1. The van der Waals surface area contributed by atoms with Gasteiger partial charge in [0.15, 0.2) is 0 Å². The molecule has 2 N–H and O–H groups in total. The van der Waals surface area contributed by atoms with Gasteiger partial charge in [0.25, 0.3) is 0 Å². The fraction of sp³-hybridized carbons (Fsp3) is 0.650. The Hall–Kier alpha value is -1.43. The molecule has 0 spiro atoms. The van der Waals surface area contributed by atoms with Crippen LogP contribution in [0.5, 0.6) is 0 Å². The van der Waals surface area contributed by atoms with Crippen LogP contribution in [0, 0.1) is 5.92 Å². The predicted molar refractivity (Wildman–Crippen MR) is 96.9 cm³/mol. The van der Waals surface area contributed by atoms with Crippen LogP contribution in [0.2, 0.25) is 0 Å². The first-order valence-electron chi connectivity index (χ1n) is 9.40. The third kappa shape index (κ3) is 4.81. The lowest BCUT2D eigenvalue weighted by atomic mass is 9.83. The number of piperidine rings is 1. The molecular weight excluding hydrogens is 316 g/mol. The maximum atomic E-state index is 12.8. The highest BCUT2D eigenvalue weighted by molar-refractivity contribution is 5.79. The highest BCUT2D eigenvalue weighted by atomic mass is 16.5. The van der Waals surface area contributed by atoms with Crippen LogP contribution in [0.25, 0.3) is 0 Å². The number of ether oxygens (including phenoxy) is 2. The van der Waals surface area contributed by atoms with Crippen molar-refractivity contribution in [1.82, 2.24) is 4.90 Å². The number of amides is 1. The molecule has 1 aromatic carbocycles. The van der Waals surface area contributed by atoms with E-state index in [9.17, 15) is 4.79 Å². The topological polar surface area (TPSA) is 64.8 Å². The van der Waals surface area contributed by atoms with E-state index in [0.29, 0.717) is 6.61 Å². The number of nitrogens with two attached hydrogens (primary N) is 1. The molecule has 1 saturated carbocycles. The highest BCUT2D eigenvalue weighted by Gasteiger charge is 2.35. The molecule has 0 bridgehead atoms. The summed E-state index contributed by atoms with van der Waals surface area (Å²) in [5, 5.41) is 0. The molecule has 0 radical (unpaired) electrons. The van der Waals surface area contributed by atoms with Gasteiger partial charge in [-0.15, -0.1) is 0 Å². The van der Waals surface area contributed by atoms with Gasteiger partial charge in [-0.2, -0.15) is 0 Å². The molecular formula is C20H30N2O3. The van der Waals surface area contributed by atoms with E-state index in [2.05, 4.69) is 12.1 Å². The van der Waals surface area contributed by atoms with Gasteiger partial charge < -0.3 is 20.1 Å². The van der Waals surface area contributed by atoms with Crippen LogP contribution in [0.15, 0.2) is 30.3 Å². The zero-order valence-corrected chi connectivity index (χ0v) is 15.1. The Balaban J connectivity index is 1.42. The van der Waals surface area contributed by atoms with E-state index in [1.165, 1.54) is 5.56 Å². The number of methoxy groups -OCH3 is 1. The predicted octanol–water partition coefficient (Wildman–Crippen LogP) is 2.34. The van der Waals surface area contributed by atoms with E-state index in [-0.39, 0.29) is 30.1 Å². The Kier molecular flexibility index (Phi) is 6.45. The number of hydrogen-bond acceptors (Lipinski definition) is 4. The molecule has 2 fully saturated rings. The first-order valence-corrected chi connectivity index (χ1v) is 9.40. The Labute approximate surface area is 150 Å². The summed E-state index contributed by atoms with van der Waals surface area (Å²) in [6, 6.07) is 10.2. The monoisotopic (exact) mass is 346 g/mol. The maximum absolute atomic E-state index is 12.8. The van der Waals surface area contributed by atoms with Gasteiger partial charge in [0.2, 0.25) is 5.91 Å². The Morgan fingerprint density at radius 3 is 2.52 bits per heavy atom. The minimum absolute atomic E-state index is 0.0283. The number of likely N-dealkylation sites (tertiary alicyclic amines) is 1. The molecule has 1 aliphatic heterocycles. The fourth-order valence-electron chi connectivity index (χ4n) is 3.98. The summed E-state index contributed by atoms with van der Waals surface area (Å²) >= 11 is 0. The minimum Gasteiger partial charge on any atom is -0.380 e. The van der Waals surface area contributed by atoms with Crippen LogP contribution < -0.4 is 5.73 Å². The van der Waals surface area contributed by atoms with Gasteiger partial charge in [0, 0.05) is 32.2 Å². The summed E-state index contributed by atoms with van der Waals surface area (Å²) in [5.74, 6) is 0.328. The average molecular weight is 346 g/mol. The SMILES string of the molecule is CO[C@@H]1CC[C@H](C(=O)N2CCC(OCc3ccccc3)CC2)C[C@H]1N. The van der Waals surface area contributed by atoms with Crippen LogP contribution >= 0.6 is 0 Å². The van der Waals surface area contributed by atoms with Crippen molar-refractivity contribution in [3.8, 4) is 0 Å². The third-order valence-corrected chi connectivity index (χ3v) is 5.57. The van der Waals surface area contributed by atoms with Crippen molar-refractivity contribution in [2.75, 3.05) is 20.2 Å². The smallest absolute Gasteiger partial charge is 0.225 e. The molecule has 1 aliphatic carbocycles. The molecule has 0 unspecified atom stereocenters. The van der Waals surface area contributed by atoms with Gasteiger partial charge in [-0.25, -0.2) is 0 Å². The van der Waals surface area contributed by atoms with Crippen LogP contribution in [0.3, 0.4) is 0 Å². The lowest BCUT2D eigenvalue weighted by Gasteiger charge is -2.37. The average Bonchev–Trinajstić information content (AvgIpc) is 2.67. The van der Waals surface area contributed by atoms with Crippen molar-refractivity contribution in [3.63, 3.8) is 0 Å². The molecule has 5 nitrogen and oxygen atoms in total. The summed E-state index contributed by atoms with van der Waals surface area (Å²) in [7, 11) is 1.70. The minimum atomic E-state index is -0.0283. The van der Waals surface area contributed by atoms with Gasteiger partial charge in [-0.1, -0.05) is 30.3 Å². The molecule has 1 saturated heterocycles. The van der Waals surface area contributed by atoms with Crippen LogP contribution in [0.1, 0.15) is 37.7 Å². The number of rotatable bonds is 5. The second kappa shape index (κ2) is 8.79. The number of nitrogens with zero attached hydrogens (tertiary/aromatic N) is 1. The summed E-state index contributed by atoms with van der Waals surface area (Å²) < 4.78 is 11.4.